The molecule has 184 valence electrons. The highest BCUT2D eigenvalue weighted by atomic mass is 32.2. The number of carbonyl (C=O) groups excluding carboxylic acids is 2. The number of methoxy groups -OCH3 is 1. The van der Waals surface area contributed by atoms with Crippen LogP contribution in [0.2, 0.25) is 0 Å². The average Bonchev–Trinajstić information content (AvgIpc) is 2.85. The summed E-state index contributed by atoms with van der Waals surface area (Å²) in [4.78, 5) is 25.9. The first kappa shape index (κ1) is 24.8. The SMILES string of the molecule is COCC(=O)N(C1CCNCC1)S(=O)(=O)c1ccc(NC(=O)c2ccccc2C)c2ccccc12. The van der Waals surface area contributed by atoms with Crippen molar-refractivity contribution in [1.29, 1.82) is 0 Å². The molecule has 0 spiro atoms. The average molecular weight is 496 g/mol. The van der Waals surface area contributed by atoms with E-state index in [1.54, 1.807) is 42.5 Å². The van der Waals surface area contributed by atoms with Crippen LogP contribution in [0.5, 0.6) is 0 Å². The molecule has 4 rings (SSSR count). The molecule has 8 nitrogen and oxygen atoms in total. The Labute approximate surface area is 205 Å². The van der Waals surface area contributed by atoms with Crippen molar-refractivity contribution in [3.05, 3.63) is 71.8 Å². The molecule has 0 saturated carbocycles. The second-order valence-corrected chi connectivity index (χ2v) is 10.3. The van der Waals surface area contributed by atoms with E-state index in [9.17, 15) is 18.0 Å². The summed E-state index contributed by atoms with van der Waals surface area (Å²) in [6.45, 7) is 2.78. The van der Waals surface area contributed by atoms with E-state index in [1.165, 1.54) is 13.2 Å². The van der Waals surface area contributed by atoms with E-state index in [4.69, 9.17) is 4.74 Å². The topological polar surface area (TPSA) is 105 Å². The number of aryl methyl sites for hydroxylation is 1. The fraction of sp³-hybridized carbons (Fsp3) is 0.308. The molecular weight excluding hydrogens is 466 g/mol. The lowest BCUT2D eigenvalue weighted by molar-refractivity contribution is -0.132. The third-order valence-electron chi connectivity index (χ3n) is 6.21. The van der Waals surface area contributed by atoms with Crippen molar-refractivity contribution >= 4 is 38.3 Å². The summed E-state index contributed by atoms with van der Waals surface area (Å²) >= 11 is 0. The quantitative estimate of drug-likeness (QED) is 0.521. The molecule has 1 heterocycles. The number of ether oxygens (including phenoxy) is 1. The van der Waals surface area contributed by atoms with Gasteiger partial charge in [0.15, 0.2) is 0 Å². The zero-order valence-electron chi connectivity index (χ0n) is 19.8. The van der Waals surface area contributed by atoms with Gasteiger partial charge in [0.2, 0.25) is 0 Å². The lowest BCUT2D eigenvalue weighted by atomic mass is 10.1. The van der Waals surface area contributed by atoms with Gasteiger partial charge >= 0.3 is 0 Å². The highest BCUT2D eigenvalue weighted by Crippen LogP contribution is 2.33. The Morgan fingerprint density at radius 1 is 1.00 bits per heavy atom. The third-order valence-corrected chi connectivity index (χ3v) is 8.14. The monoisotopic (exact) mass is 495 g/mol. The lowest BCUT2D eigenvalue weighted by Crippen LogP contribution is -2.50. The maximum absolute atomic E-state index is 13.9. The van der Waals surface area contributed by atoms with Gasteiger partial charge in [-0.3, -0.25) is 9.59 Å². The van der Waals surface area contributed by atoms with E-state index in [0.29, 0.717) is 48.0 Å². The zero-order chi connectivity index (χ0) is 25.0. The second kappa shape index (κ2) is 10.6. The van der Waals surface area contributed by atoms with Crippen molar-refractivity contribution in [1.82, 2.24) is 9.62 Å². The number of benzene rings is 3. The van der Waals surface area contributed by atoms with Gasteiger partial charge in [-0.05, 0) is 56.6 Å². The van der Waals surface area contributed by atoms with Gasteiger partial charge in [-0.25, -0.2) is 12.7 Å². The van der Waals surface area contributed by atoms with Gasteiger partial charge in [-0.15, -0.1) is 0 Å². The van der Waals surface area contributed by atoms with E-state index >= 15 is 0 Å². The molecular formula is C26H29N3O5S. The first-order valence-electron chi connectivity index (χ1n) is 11.5. The fourth-order valence-electron chi connectivity index (χ4n) is 4.49. The molecule has 35 heavy (non-hydrogen) atoms. The smallest absolute Gasteiger partial charge is 0.267 e. The van der Waals surface area contributed by atoms with Crippen molar-refractivity contribution in [2.24, 2.45) is 0 Å². The van der Waals surface area contributed by atoms with Crippen LogP contribution in [-0.2, 0) is 19.6 Å². The van der Waals surface area contributed by atoms with Crippen molar-refractivity contribution in [2.45, 2.75) is 30.7 Å². The van der Waals surface area contributed by atoms with Gasteiger partial charge in [0.05, 0.1) is 10.9 Å². The summed E-state index contributed by atoms with van der Waals surface area (Å²) in [6.07, 6.45) is 1.05. The molecule has 0 bridgehead atoms. The Morgan fingerprint density at radius 2 is 1.66 bits per heavy atom. The Hall–Kier alpha value is -3.27. The molecule has 0 aromatic heterocycles. The van der Waals surface area contributed by atoms with E-state index in [1.807, 2.05) is 19.1 Å². The third kappa shape index (κ3) is 5.07. The van der Waals surface area contributed by atoms with Crippen LogP contribution >= 0.6 is 0 Å². The summed E-state index contributed by atoms with van der Waals surface area (Å²) in [5, 5.41) is 7.11. The summed E-state index contributed by atoms with van der Waals surface area (Å²) in [7, 11) is -2.82. The van der Waals surface area contributed by atoms with Crippen LogP contribution in [0.3, 0.4) is 0 Å². The lowest BCUT2D eigenvalue weighted by Gasteiger charge is -2.34. The number of hydrogen-bond donors (Lipinski definition) is 2. The molecule has 0 radical (unpaired) electrons. The van der Waals surface area contributed by atoms with Crippen molar-refractivity contribution in [3.63, 3.8) is 0 Å². The highest BCUT2D eigenvalue weighted by molar-refractivity contribution is 7.90. The van der Waals surface area contributed by atoms with Crippen LogP contribution in [0.4, 0.5) is 5.69 Å². The Kier molecular flexibility index (Phi) is 7.49. The molecule has 2 N–H and O–H groups in total. The molecule has 2 amide bonds. The molecule has 1 aliphatic heterocycles. The highest BCUT2D eigenvalue weighted by Gasteiger charge is 2.37. The molecule has 1 fully saturated rings. The van der Waals surface area contributed by atoms with Gasteiger partial charge < -0.3 is 15.4 Å². The molecule has 3 aromatic carbocycles. The van der Waals surface area contributed by atoms with Gasteiger partial charge in [-0.1, -0.05) is 42.5 Å². The zero-order valence-corrected chi connectivity index (χ0v) is 20.6. The molecule has 0 unspecified atom stereocenters. The number of nitrogens with zero attached hydrogens (tertiary/aromatic N) is 1. The van der Waals surface area contributed by atoms with Gasteiger partial charge in [0, 0.05) is 29.1 Å². The number of nitrogens with one attached hydrogen (secondary N) is 2. The number of piperidine rings is 1. The molecule has 3 aromatic rings. The predicted molar refractivity (Wildman–Crippen MR) is 135 cm³/mol. The number of anilines is 1. The standard InChI is InChI=1S/C26H29N3O5S/c1-18-7-3-4-8-20(18)26(31)28-23-11-12-24(22-10-6-5-9-21(22)23)35(32,33)29(25(30)17-34-2)19-13-15-27-16-14-19/h3-12,19,27H,13-17H2,1-2H3,(H,28,31). The number of fused-ring (bicyclic) bond motifs is 1. The van der Waals surface area contributed by atoms with Crippen LogP contribution < -0.4 is 10.6 Å². The van der Waals surface area contributed by atoms with E-state index in [-0.39, 0.29) is 17.4 Å². The van der Waals surface area contributed by atoms with Crippen LogP contribution in [0.1, 0.15) is 28.8 Å². The minimum atomic E-state index is -4.19. The van der Waals surface area contributed by atoms with E-state index in [0.717, 1.165) is 9.87 Å². The maximum atomic E-state index is 13.9. The van der Waals surface area contributed by atoms with Gasteiger partial charge in [0.25, 0.3) is 21.8 Å². The molecule has 0 aliphatic carbocycles. The largest absolute Gasteiger partial charge is 0.375 e. The molecule has 0 atom stereocenters. The first-order valence-corrected chi connectivity index (χ1v) is 12.9. The van der Waals surface area contributed by atoms with Crippen molar-refractivity contribution in [2.75, 3.05) is 32.1 Å². The van der Waals surface area contributed by atoms with Crippen LogP contribution in [0.25, 0.3) is 10.8 Å². The molecule has 9 heteroatoms. The summed E-state index contributed by atoms with van der Waals surface area (Å²) in [5.74, 6) is -0.879. The summed E-state index contributed by atoms with van der Waals surface area (Å²) in [5.41, 5.74) is 1.86. The number of sulfonamides is 1. The minimum absolute atomic E-state index is 0.0185. The number of carbonyl (C=O) groups is 2. The van der Waals surface area contributed by atoms with Gasteiger partial charge in [-0.2, -0.15) is 0 Å². The number of amides is 2. The Bertz CT molecular complexity index is 1350. The Morgan fingerprint density at radius 3 is 2.34 bits per heavy atom. The van der Waals surface area contributed by atoms with Gasteiger partial charge in [0.1, 0.15) is 6.61 Å². The maximum Gasteiger partial charge on any atom is 0.267 e. The van der Waals surface area contributed by atoms with Crippen LogP contribution in [-0.4, -0.2) is 57.4 Å². The predicted octanol–water partition coefficient (Wildman–Crippen LogP) is 3.32. The van der Waals surface area contributed by atoms with Crippen molar-refractivity contribution < 1.29 is 22.7 Å². The number of rotatable bonds is 7. The molecule has 1 aliphatic rings. The first-order chi connectivity index (χ1) is 16.8. The normalized spacial score (nSPS) is 14.6. The summed E-state index contributed by atoms with van der Waals surface area (Å²) in [6, 6.07) is 16.8. The van der Waals surface area contributed by atoms with Crippen molar-refractivity contribution in [3.8, 4) is 0 Å². The fourth-order valence-corrected chi connectivity index (χ4v) is 6.32. The van der Waals surface area contributed by atoms with E-state index < -0.39 is 22.0 Å². The summed E-state index contributed by atoms with van der Waals surface area (Å²) < 4.78 is 33.8. The molecule has 1 saturated heterocycles. The number of hydrogen-bond acceptors (Lipinski definition) is 6. The van der Waals surface area contributed by atoms with Crippen LogP contribution in [0.15, 0.2) is 65.6 Å². The van der Waals surface area contributed by atoms with Crippen LogP contribution in [0, 0.1) is 6.92 Å². The Balaban J connectivity index is 1.77. The van der Waals surface area contributed by atoms with E-state index in [2.05, 4.69) is 10.6 Å². The second-order valence-electron chi connectivity index (χ2n) is 8.53. The minimum Gasteiger partial charge on any atom is -0.375 e.